The van der Waals surface area contributed by atoms with Gasteiger partial charge in [-0.2, -0.15) is 5.10 Å². The summed E-state index contributed by atoms with van der Waals surface area (Å²) >= 11 is 6.12. The number of aromatic nitrogens is 4. The molecule has 0 bridgehead atoms. The Hall–Kier alpha value is -2.40. The second-order valence-corrected chi connectivity index (χ2v) is 4.92. The SMILES string of the molecule is COc1cccc(-c2nc(Cl)cc(-c3cnn(C)c3)n2)c1. The van der Waals surface area contributed by atoms with Crippen molar-refractivity contribution >= 4 is 11.6 Å². The highest BCUT2D eigenvalue weighted by atomic mass is 35.5. The molecule has 0 aliphatic rings. The number of aryl methyl sites for hydroxylation is 1. The first-order valence-electron chi connectivity index (χ1n) is 6.34. The summed E-state index contributed by atoms with van der Waals surface area (Å²) in [5, 5.41) is 4.54. The molecule has 0 aliphatic heterocycles. The minimum absolute atomic E-state index is 0.390. The molecule has 0 fully saturated rings. The van der Waals surface area contributed by atoms with Crippen molar-refractivity contribution in [2.45, 2.75) is 0 Å². The zero-order valence-corrected chi connectivity index (χ0v) is 12.4. The average molecular weight is 301 g/mol. The summed E-state index contributed by atoms with van der Waals surface area (Å²) in [4.78, 5) is 8.84. The van der Waals surface area contributed by atoms with Crippen molar-refractivity contribution in [3.05, 3.63) is 47.9 Å². The van der Waals surface area contributed by atoms with Gasteiger partial charge in [0, 0.05) is 30.4 Å². The van der Waals surface area contributed by atoms with Crippen molar-refractivity contribution in [3.8, 4) is 28.4 Å². The molecule has 3 aromatic rings. The van der Waals surface area contributed by atoms with E-state index < -0.39 is 0 Å². The summed E-state index contributed by atoms with van der Waals surface area (Å²) in [7, 11) is 3.48. The van der Waals surface area contributed by atoms with Crippen LogP contribution in [0, 0.1) is 0 Å². The van der Waals surface area contributed by atoms with Gasteiger partial charge in [-0.3, -0.25) is 4.68 Å². The lowest BCUT2D eigenvalue weighted by molar-refractivity contribution is 0.415. The van der Waals surface area contributed by atoms with E-state index in [9.17, 15) is 0 Å². The third kappa shape index (κ3) is 2.87. The molecule has 0 saturated heterocycles. The van der Waals surface area contributed by atoms with Crippen molar-refractivity contribution in [2.75, 3.05) is 7.11 Å². The quantitative estimate of drug-likeness (QED) is 0.697. The molecule has 21 heavy (non-hydrogen) atoms. The van der Waals surface area contributed by atoms with E-state index in [0.29, 0.717) is 11.0 Å². The molecule has 0 saturated carbocycles. The van der Waals surface area contributed by atoms with E-state index in [4.69, 9.17) is 16.3 Å². The second-order valence-electron chi connectivity index (χ2n) is 4.53. The Morgan fingerprint density at radius 2 is 2.00 bits per heavy atom. The molecule has 2 aromatic heterocycles. The van der Waals surface area contributed by atoms with E-state index in [1.54, 1.807) is 24.1 Å². The standard InChI is InChI=1S/C15H13ClN4O/c1-20-9-11(8-17-20)13-7-14(16)19-15(18-13)10-4-3-5-12(6-10)21-2/h3-9H,1-2H3. The van der Waals surface area contributed by atoms with Crippen LogP contribution in [0.1, 0.15) is 0 Å². The van der Waals surface area contributed by atoms with Gasteiger partial charge in [0.25, 0.3) is 0 Å². The predicted molar refractivity (Wildman–Crippen MR) is 81.2 cm³/mol. The summed E-state index contributed by atoms with van der Waals surface area (Å²) < 4.78 is 6.94. The molecule has 0 unspecified atom stereocenters. The number of ether oxygens (including phenoxy) is 1. The summed E-state index contributed by atoms with van der Waals surface area (Å²) in [5.74, 6) is 1.30. The Morgan fingerprint density at radius 1 is 1.14 bits per heavy atom. The van der Waals surface area contributed by atoms with Crippen LogP contribution in [0.4, 0.5) is 0 Å². The van der Waals surface area contributed by atoms with Gasteiger partial charge < -0.3 is 4.74 Å². The maximum absolute atomic E-state index is 6.12. The third-order valence-corrected chi connectivity index (χ3v) is 3.22. The Labute approximate surface area is 127 Å². The molecule has 5 nitrogen and oxygen atoms in total. The highest BCUT2D eigenvalue weighted by molar-refractivity contribution is 6.29. The number of hydrogen-bond acceptors (Lipinski definition) is 4. The highest BCUT2D eigenvalue weighted by Crippen LogP contribution is 2.26. The molecular formula is C15H13ClN4O. The summed E-state index contributed by atoms with van der Waals surface area (Å²) in [5.41, 5.74) is 2.48. The highest BCUT2D eigenvalue weighted by Gasteiger charge is 2.09. The minimum atomic E-state index is 0.390. The van der Waals surface area contributed by atoms with Gasteiger partial charge in [-0.1, -0.05) is 23.7 Å². The first kappa shape index (κ1) is 13.6. The Bertz CT molecular complexity index is 785. The second kappa shape index (κ2) is 5.54. The Morgan fingerprint density at radius 3 is 2.71 bits per heavy atom. The lowest BCUT2D eigenvalue weighted by Gasteiger charge is -2.06. The Kier molecular flexibility index (Phi) is 3.58. The van der Waals surface area contributed by atoms with Crippen LogP contribution in [0.15, 0.2) is 42.7 Å². The Balaban J connectivity index is 2.09. The maximum Gasteiger partial charge on any atom is 0.161 e. The zero-order chi connectivity index (χ0) is 14.8. The summed E-state index contributed by atoms with van der Waals surface area (Å²) in [6.07, 6.45) is 3.63. The van der Waals surface area contributed by atoms with E-state index in [1.165, 1.54) is 0 Å². The lowest BCUT2D eigenvalue weighted by atomic mass is 10.2. The van der Waals surface area contributed by atoms with E-state index in [-0.39, 0.29) is 0 Å². The van der Waals surface area contributed by atoms with Crippen molar-refractivity contribution in [1.29, 1.82) is 0 Å². The van der Waals surface area contributed by atoms with Crippen LogP contribution in [0.25, 0.3) is 22.6 Å². The molecule has 0 atom stereocenters. The smallest absolute Gasteiger partial charge is 0.161 e. The van der Waals surface area contributed by atoms with Crippen LogP contribution in [0.5, 0.6) is 5.75 Å². The predicted octanol–water partition coefficient (Wildman–Crippen LogP) is 3.21. The van der Waals surface area contributed by atoms with E-state index in [0.717, 1.165) is 22.6 Å². The fraction of sp³-hybridized carbons (Fsp3) is 0.133. The molecular weight excluding hydrogens is 288 g/mol. The third-order valence-electron chi connectivity index (χ3n) is 3.02. The largest absolute Gasteiger partial charge is 0.497 e. The number of nitrogens with zero attached hydrogens (tertiary/aromatic N) is 4. The number of benzene rings is 1. The number of hydrogen-bond donors (Lipinski definition) is 0. The van der Waals surface area contributed by atoms with Gasteiger partial charge in [-0.25, -0.2) is 9.97 Å². The summed E-state index contributed by atoms with van der Waals surface area (Å²) in [6.45, 7) is 0. The van der Waals surface area contributed by atoms with Gasteiger partial charge in [-0.05, 0) is 12.1 Å². The van der Waals surface area contributed by atoms with Crippen LogP contribution in [-0.2, 0) is 7.05 Å². The van der Waals surface area contributed by atoms with Gasteiger partial charge in [0.15, 0.2) is 5.82 Å². The molecule has 0 aliphatic carbocycles. The van der Waals surface area contributed by atoms with E-state index >= 15 is 0 Å². The molecule has 6 heteroatoms. The number of rotatable bonds is 3. The lowest BCUT2D eigenvalue weighted by Crippen LogP contribution is -1.93. The van der Waals surface area contributed by atoms with Gasteiger partial charge in [0.1, 0.15) is 10.9 Å². The van der Waals surface area contributed by atoms with Crippen LogP contribution < -0.4 is 4.74 Å². The number of halogens is 1. The molecule has 3 rings (SSSR count). The monoisotopic (exact) mass is 300 g/mol. The van der Waals surface area contributed by atoms with Crippen molar-refractivity contribution in [1.82, 2.24) is 19.7 Å². The zero-order valence-electron chi connectivity index (χ0n) is 11.6. The molecule has 2 heterocycles. The molecule has 0 radical (unpaired) electrons. The van der Waals surface area contributed by atoms with Gasteiger partial charge in [-0.15, -0.1) is 0 Å². The molecule has 0 N–H and O–H groups in total. The molecule has 106 valence electrons. The molecule has 0 amide bonds. The van der Waals surface area contributed by atoms with Gasteiger partial charge in [0.2, 0.25) is 0 Å². The van der Waals surface area contributed by atoms with Crippen LogP contribution >= 0.6 is 11.6 Å². The van der Waals surface area contributed by atoms with E-state index in [1.807, 2.05) is 37.5 Å². The fourth-order valence-electron chi connectivity index (χ4n) is 2.01. The van der Waals surface area contributed by atoms with Crippen molar-refractivity contribution in [3.63, 3.8) is 0 Å². The van der Waals surface area contributed by atoms with Crippen LogP contribution in [0.3, 0.4) is 0 Å². The van der Waals surface area contributed by atoms with Crippen LogP contribution in [0.2, 0.25) is 5.15 Å². The fourth-order valence-corrected chi connectivity index (χ4v) is 2.19. The first-order chi connectivity index (χ1) is 10.2. The molecule has 1 aromatic carbocycles. The van der Waals surface area contributed by atoms with Crippen molar-refractivity contribution in [2.24, 2.45) is 7.05 Å². The van der Waals surface area contributed by atoms with Gasteiger partial charge >= 0.3 is 0 Å². The van der Waals surface area contributed by atoms with Crippen LogP contribution in [-0.4, -0.2) is 26.9 Å². The minimum Gasteiger partial charge on any atom is -0.497 e. The first-order valence-corrected chi connectivity index (χ1v) is 6.71. The topological polar surface area (TPSA) is 52.8 Å². The average Bonchev–Trinajstić information content (AvgIpc) is 2.93. The molecule has 0 spiro atoms. The summed E-state index contributed by atoms with van der Waals surface area (Å²) in [6, 6.07) is 9.28. The maximum atomic E-state index is 6.12. The van der Waals surface area contributed by atoms with Gasteiger partial charge in [0.05, 0.1) is 19.0 Å². The number of methoxy groups -OCH3 is 1. The van der Waals surface area contributed by atoms with Crippen molar-refractivity contribution < 1.29 is 4.74 Å². The normalized spacial score (nSPS) is 10.6. The van der Waals surface area contributed by atoms with E-state index in [2.05, 4.69) is 15.1 Å².